The van der Waals surface area contributed by atoms with Gasteiger partial charge in [-0.05, 0) is 73.5 Å². The average molecular weight is 527 g/mol. The molecular formula is C33H50O5. The second kappa shape index (κ2) is 8.10. The summed E-state index contributed by atoms with van der Waals surface area (Å²) < 4.78 is 19.4. The van der Waals surface area contributed by atoms with E-state index in [2.05, 4.69) is 48.5 Å². The molecule has 4 fully saturated rings. The minimum Gasteiger partial charge on any atom is -0.462 e. The van der Waals surface area contributed by atoms with Gasteiger partial charge in [0.25, 0.3) is 0 Å². The highest BCUT2D eigenvalue weighted by molar-refractivity contribution is 5.75. The monoisotopic (exact) mass is 526 g/mol. The second-order valence-corrected chi connectivity index (χ2v) is 15.5. The molecule has 0 radical (unpaired) electrons. The maximum absolute atomic E-state index is 12.8. The van der Waals surface area contributed by atoms with Crippen molar-refractivity contribution in [3.63, 3.8) is 0 Å². The summed E-state index contributed by atoms with van der Waals surface area (Å²) in [5.41, 5.74) is 3.45. The zero-order valence-corrected chi connectivity index (χ0v) is 25.2. The predicted molar refractivity (Wildman–Crippen MR) is 146 cm³/mol. The molecule has 5 heteroatoms. The largest absolute Gasteiger partial charge is 0.462 e. The summed E-state index contributed by atoms with van der Waals surface area (Å²) in [4.78, 5) is 24.8. The Morgan fingerprint density at radius 1 is 0.974 bits per heavy atom. The van der Waals surface area contributed by atoms with Gasteiger partial charge in [-0.3, -0.25) is 9.59 Å². The topological polar surface area (TPSA) is 61.8 Å². The number of hydrogen-bond acceptors (Lipinski definition) is 5. The first-order valence-corrected chi connectivity index (χ1v) is 15.4. The summed E-state index contributed by atoms with van der Waals surface area (Å²) in [5.74, 6) is 0.305. The van der Waals surface area contributed by atoms with Gasteiger partial charge in [-0.1, -0.05) is 66.5 Å². The van der Waals surface area contributed by atoms with Crippen LogP contribution in [0.2, 0.25) is 0 Å². The van der Waals surface area contributed by atoms with Crippen molar-refractivity contribution < 1.29 is 23.8 Å². The summed E-state index contributed by atoms with van der Waals surface area (Å²) >= 11 is 0. The maximum Gasteiger partial charge on any atom is 0.311 e. The highest BCUT2D eigenvalue weighted by Gasteiger charge is 2.70. The van der Waals surface area contributed by atoms with E-state index >= 15 is 0 Å². The fourth-order valence-corrected chi connectivity index (χ4v) is 11.3. The first-order valence-electron chi connectivity index (χ1n) is 15.4. The van der Waals surface area contributed by atoms with Crippen molar-refractivity contribution in [2.24, 2.45) is 51.2 Å². The molecule has 6 rings (SSSR count). The quantitative estimate of drug-likeness (QED) is 0.266. The lowest BCUT2D eigenvalue weighted by atomic mass is 9.42. The average Bonchev–Trinajstić information content (AvgIpc) is 3.18. The number of carbonyl (C=O) groups excluding carboxylic acids is 2. The molecule has 0 aromatic rings. The lowest BCUT2D eigenvalue weighted by Crippen LogP contribution is -2.59. The van der Waals surface area contributed by atoms with Crippen LogP contribution in [0, 0.1) is 51.2 Å². The Labute approximate surface area is 229 Å². The Morgan fingerprint density at radius 3 is 2.32 bits per heavy atom. The van der Waals surface area contributed by atoms with Crippen LogP contribution >= 0.6 is 0 Å². The van der Waals surface area contributed by atoms with Crippen molar-refractivity contribution >= 4 is 11.9 Å². The molecule has 2 saturated carbocycles. The summed E-state index contributed by atoms with van der Waals surface area (Å²) in [5, 5.41) is 0. The number of fused-ring (bicyclic) bond motifs is 3. The Bertz CT molecular complexity index is 1090. The van der Waals surface area contributed by atoms with Gasteiger partial charge in [-0.2, -0.15) is 0 Å². The minimum atomic E-state index is -0.811. The van der Waals surface area contributed by atoms with Crippen molar-refractivity contribution in [2.75, 3.05) is 0 Å². The molecule has 2 saturated heterocycles. The number of rotatable bonds is 1. The molecule has 11 atom stereocenters. The fourth-order valence-electron chi connectivity index (χ4n) is 11.3. The first-order chi connectivity index (χ1) is 17.6. The molecule has 0 N–H and O–H groups in total. The molecular weight excluding hydrogens is 476 g/mol. The van der Waals surface area contributed by atoms with E-state index in [-0.39, 0.29) is 57.6 Å². The zero-order chi connectivity index (χ0) is 27.6. The number of ether oxygens (including phenoxy) is 3. The van der Waals surface area contributed by atoms with Gasteiger partial charge in [0, 0.05) is 30.1 Å². The van der Waals surface area contributed by atoms with Crippen molar-refractivity contribution in [1.29, 1.82) is 0 Å². The standard InChI is InChI=1S/C33H50O5/c1-18-17-33(20(3)19(2)28(35)38-33)37-27-16-24-23(31(8)15-12-22(18)32(27,31)9)10-11-25-29(5,6)26(36-21(4)34)13-14-30(24,25)7/h18-20,22,25-27H,10-17H2,1-9H3/t18-,19+,20+,22+,25-,26-,27-,30-,31+,32+,33+/m1/s1. The van der Waals surface area contributed by atoms with E-state index in [1.165, 1.54) is 12.8 Å². The van der Waals surface area contributed by atoms with Gasteiger partial charge in [0.05, 0.1) is 12.0 Å². The van der Waals surface area contributed by atoms with Crippen LogP contribution in [0.3, 0.4) is 0 Å². The Morgan fingerprint density at radius 2 is 1.68 bits per heavy atom. The third-order valence-corrected chi connectivity index (χ3v) is 13.8. The van der Waals surface area contributed by atoms with Gasteiger partial charge in [-0.25, -0.2) is 0 Å². The van der Waals surface area contributed by atoms with Gasteiger partial charge in [-0.15, -0.1) is 0 Å². The summed E-state index contributed by atoms with van der Waals surface area (Å²) in [6.45, 7) is 20.3. The van der Waals surface area contributed by atoms with Crippen LogP contribution in [0.25, 0.3) is 0 Å². The number of allylic oxidation sites excluding steroid dienone is 1. The van der Waals surface area contributed by atoms with E-state index < -0.39 is 5.79 Å². The van der Waals surface area contributed by atoms with Crippen LogP contribution in [-0.2, 0) is 23.8 Å². The smallest absolute Gasteiger partial charge is 0.311 e. The van der Waals surface area contributed by atoms with Crippen molar-refractivity contribution in [2.45, 2.75) is 132 Å². The van der Waals surface area contributed by atoms with Gasteiger partial charge in [0.2, 0.25) is 5.79 Å². The van der Waals surface area contributed by atoms with E-state index in [4.69, 9.17) is 14.2 Å². The molecule has 212 valence electrons. The molecule has 0 aromatic heterocycles. The molecule has 0 bridgehead atoms. The van der Waals surface area contributed by atoms with Crippen LogP contribution in [0.4, 0.5) is 0 Å². The molecule has 0 aromatic carbocycles. The molecule has 0 unspecified atom stereocenters. The zero-order valence-electron chi connectivity index (χ0n) is 25.2. The van der Waals surface area contributed by atoms with Crippen molar-refractivity contribution in [3.8, 4) is 0 Å². The van der Waals surface area contributed by atoms with Crippen LogP contribution < -0.4 is 0 Å². The van der Waals surface area contributed by atoms with E-state index in [9.17, 15) is 9.59 Å². The maximum atomic E-state index is 12.8. The van der Waals surface area contributed by atoms with Crippen molar-refractivity contribution in [3.05, 3.63) is 11.1 Å². The normalized spacial score (nSPS) is 53.1. The molecule has 4 aliphatic carbocycles. The molecule has 1 spiro atoms. The predicted octanol–water partition coefficient (Wildman–Crippen LogP) is 7.23. The lowest BCUT2D eigenvalue weighted by Gasteiger charge is -2.63. The Kier molecular flexibility index (Phi) is 5.72. The molecule has 0 amide bonds. The number of carbonyl (C=O) groups is 2. The lowest BCUT2D eigenvalue weighted by molar-refractivity contribution is -0.269. The highest BCUT2D eigenvalue weighted by atomic mass is 16.7. The summed E-state index contributed by atoms with van der Waals surface area (Å²) in [7, 11) is 0. The van der Waals surface area contributed by atoms with E-state index in [0.29, 0.717) is 17.8 Å². The van der Waals surface area contributed by atoms with Gasteiger partial charge < -0.3 is 14.2 Å². The minimum absolute atomic E-state index is 0.0281. The fraction of sp³-hybridized carbons (Fsp3) is 0.879. The number of hydrogen-bond donors (Lipinski definition) is 0. The van der Waals surface area contributed by atoms with E-state index in [1.54, 1.807) is 18.1 Å². The van der Waals surface area contributed by atoms with E-state index in [0.717, 1.165) is 38.5 Å². The Hall–Kier alpha value is -1.36. The van der Waals surface area contributed by atoms with Crippen molar-refractivity contribution in [1.82, 2.24) is 0 Å². The first kappa shape index (κ1) is 26.8. The summed E-state index contributed by atoms with van der Waals surface area (Å²) in [6, 6.07) is 0. The highest BCUT2D eigenvalue weighted by Crippen LogP contribution is 2.74. The van der Waals surface area contributed by atoms with Crippen LogP contribution in [0.5, 0.6) is 0 Å². The molecule has 2 aliphatic heterocycles. The second-order valence-electron chi connectivity index (χ2n) is 15.5. The van der Waals surface area contributed by atoms with Crippen LogP contribution in [0.15, 0.2) is 11.1 Å². The van der Waals surface area contributed by atoms with Gasteiger partial charge >= 0.3 is 11.9 Å². The van der Waals surface area contributed by atoms with Gasteiger partial charge in [0.1, 0.15) is 6.10 Å². The number of esters is 2. The van der Waals surface area contributed by atoms with E-state index in [1.807, 2.05) is 6.92 Å². The Balaban J connectivity index is 1.45. The molecule has 5 nitrogen and oxygen atoms in total. The third kappa shape index (κ3) is 3.15. The van der Waals surface area contributed by atoms with Crippen LogP contribution in [0.1, 0.15) is 114 Å². The van der Waals surface area contributed by atoms with Gasteiger partial charge in [0.15, 0.2) is 0 Å². The third-order valence-electron chi connectivity index (χ3n) is 13.8. The molecule has 38 heavy (non-hydrogen) atoms. The molecule has 6 aliphatic rings. The molecule has 2 heterocycles. The SMILES string of the molecule is CC(=O)O[C@@H]1CC[C@]2(C)C3=C(CC[C@@H]2C1(C)C)[C@]1(C)CC[C@H]2[C@H](C)C[C@@]4(OC(=O)[C@@H](C)[C@@H]4C)O[C@H](C3)[C@]21C. The van der Waals surface area contributed by atoms with Crippen LogP contribution in [-0.4, -0.2) is 29.9 Å². The summed E-state index contributed by atoms with van der Waals surface area (Å²) in [6.07, 6.45) is 8.44.